The molecule has 0 radical (unpaired) electrons. The van der Waals surface area contributed by atoms with E-state index in [-0.39, 0.29) is 11.3 Å². The summed E-state index contributed by atoms with van der Waals surface area (Å²) in [6.07, 6.45) is 0. The van der Waals surface area contributed by atoms with E-state index < -0.39 is 17.5 Å². The smallest absolute Gasteiger partial charge is 0.419 e. The lowest BCUT2D eigenvalue weighted by atomic mass is 10.1. The van der Waals surface area contributed by atoms with Gasteiger partial charge in [-0.2, -0.15) is 0 Å². The Kier molecular flexibility index (Phi) is 2.86. The zero-order valence-electron chi connectivity index (χ0n) is 8.99. The highest BCUT2D eigenvalue weighted by Gasteiger charge is 2.17. The van der Waals surface area contributed by atoms with Crippen LogP contribution in [0.2, 0.25) is 0 Å². The largest absolute Gasteiger partial charge is 0.493 e. The molecule has 1 aromatic heterocycles. The molecule has 0 aliphatic heterocycles. The van der Waals surface area contributed by atoms with Gasteiger partial charge in [0.05, 0.1) is 12.2 Å². The molecule has 5 nitrogen and oxygen atoms in total. The first-order chi connectivity index (χ1) is 8.11. The predicted octanol–water partition coefficient (Wildman–Crippen LogP) is 1.88. The van der Waals surface area contributed by atoms with Crippen LogP contribution in [0.1, 0.15) is 6.92 Å². The molecule has 90 valence electrons. The average Bonchev–Trinajstić information content (AvgIpc) is 2.61. The van der Waals surface area contributed by atoms with Crippen molar-refractivity contribution in [3.05, 3.63) is 34.6 Å². The predicted molar refractivity (Wildman–Crippen MR) is 57.6 cm³/mol. The molecule has 0 aliphatic rings. The van der Waals surface area contributed by atoms with Crippen molar-refractivity contribution < 1.29 is 18.7 Å². The summed E-state index contributed by atoms with van der Waals surface area (Å²) >= 11 is 0. The lowest BCUT2D eigenvalue weighted by Crippen LogP contribution is -1.95. The summed E-state index contributed by atoms with van der Waals surface area (Å²) in [4.78, 5) is 13.0. The van der Waals surface area contributed by atoms with Crippen LogP contribution >= 0.6 is 0 Å². The molecule has 0 saturated heterocycles. The summed E-state index contributed by atoms with van der Waals surface area (Å²) in [5, 5.41) is 9.44. The first-order valence-corrected chi connectivity index (χ1v) is 4.96. The van der Waals surface area contributed by atoms with E-state index in [1.54, 1.807) is 6.92 Å². The van der Waals surface area contributed by atoms with E-state index in [2.05, 4.69) is 4.98 Å². The molecule has 0 fully saturated rings. The third kappa shape index (κ3) is 2.15. The molecule has 0 saturated carbocycles. The van der Waals surface area contributed by atoms with Gasteiger partial charge in [-0.05, 0) is 25.1 Å². The Balaban J connectivity index is 2.60. The van der Waals surface area contributed by atoms with Crippen LogP contribution in [0.5, 0.6) is 11.6 Å². The molecule has 1 aromatic carbocycles. The molecule has 2 N–H and O–H groups in total. The van der Waals surface area contributed by atoms with E-state index in [0.29, 0.717) is 12.4 Å². The van der Waals surface area contributed by atoms with Crippen LogP contribution in [0.25, 0.3) is 11.3 Å². The van der Waals surface area contributed by atoms with Gasteiger partial charge >= 0.3 is 5.76 Å². The highest BCUT2D eigenvalue weighted by atomic mass is 19.1. The van der Waals surface area contributed by atoms with Crippen LogP contribution in [0, 0.1) is 5.82 Å². The average molecular weight is 239 g/mol. The van der Waals surface area contributed by atoms with E-state index in [9.17, 15) is 14.3 Å². The molecule has 0 bridgehead atoms. The Labute approximate surface area is 95.5 Å². The molecule has 2 aromatic rings. The number of rotatable bonds is 3. The summed E-state index contributed by atoms with van der Waals surface area (Å²) in [5.74, 6) is -1.61. The number of ether oxygens (including phenoxy) is 1. The number of nitrogens with one attached hydrogen (secondary N) is 1. The first-order valence-electron chi connectivity index (χ1n) is 4.96. The standard InChI is InChI=1S/C11H10FNO4/c1-2-16-8-4-3-6(12)5-7(8)9-10(14)13-11(15)17-9/h3-5,14H,2H2,1H3,(H,13,15). The Morgan fingerprint density at radius 3 is 2.88 bits per heavy atom. The van der Waals surface area contributed by atoms with Gasteiger partial charge < -0.3 is 14.3 Å². The molecular formula is C11H10FNO4. The number of hydrogen-bond donors (Lipinski definition) is 2. The van der Waals surface area contributed by atoms with Gasteiger partial charge in [-0.3, -0.25) is 4.98 Å². The number of aromatic amines is 1. The van der Waals surface area contributed by atoms with E-state index >= 15 is 0 Å². The fourth-order valence-electron chi connectivity index (χ4n) is 1.46. The number of H-pyrrole nitrogens is 1. The minimum absolute atomic E-state index is 0.141. The molecule has 2 rings (SSSR count). The van der Waals surface area contributed by atoms with E-state index in [1.807, 2.05) is 0 Å². The number of oxazole rings is 1. The zero-order chi connectivity index (χ0) is 12.4. The molecule has 0 aliphatic carbocycles. The number of benzene rings is 1. The minimum Gasteiger partial charge on any atom is -0.493 e. The van der Waals surface area contributed by atoms with Gasteiger partial charge in [0.2, 0.25) is 11.6 Å². The molecular weight excluding hydrogens is 229 g/mol. The second-order valence-electron chi connectivity index (χ2n) is 3.27. The summed E-state index contributed by atoms with van der Waals surface area (Å²) in [7, 11) is 0. The molecule has 0 atom stereocenters. The fourth-order valence-corrected chi connectivity index (χ4v) is 1.46. The zero-order valence-corrected chi connectivity index (χ0v) is 8.99. The quantitative estimate of drug-likeness (QED) is 0.857. The van der Waals surface area contributed by atoms with Crippen molar-refractivity contribution in [2.75, 3.05) is 6.61 Å². The maximum Gasteiger partial charge on any atom is 0.419 e. The van der Waals surface area contributed by atoms with E-state index in [4.69, 9.17) is 9.15 Å². The third-order valence-corrected chi connectivity index (χ3v) is 2.12. The number of aromatic nitrogens is 1. The molecule has 0 unspecified atom stereocenters. The van der Waals surface area contributed by atoms with Gasteiger partial charge in [0.1, 0.15) is 11.6 Å². The van der Waals surface area contributed by atoms with Crippen molar-refractivity contribution in [3.8, 4) is 23.0 Å². The van der Waals surface area contributed by atoms with Crippen LogP contribution in [0.15, 0.2) is 27.4 Å². The Morgan fingerprint density at radius 2 is 2.29 bits per heavy atom. The Morgan fingerprint density at radius 1 is 1.53 bits per heavy atom. The highest BCUT2D eigenvalue weighted by Crippen LogP contribution is 2.34. The molecule has 0 amide bonds. The van der Waals surface area contributed by atoms with Gasteiger partial charge in [-0.25, -0.2) is 9.18 Å². The van der Waals surface area contributed by atoms with Gasteiger partial charge in [0.25, 0.3) is 0 Å². The molecule has 17 heavy (non-hydrogen) atoms. The Hall–Kier alpha value is -2.24. The van der Waals surface area contributed by atoms with E-state index in [1.165, 1.54) is 12.1 Å². The third-order valence-electron chi connectivity index (χ3n) is 2.12. The second kappa shape index (κ2) is 4.32. The fraction of sp³-hybridized carbons (Fsp3) is 0.182. The summed E-state index contributed by atoms with van der Waals surface area (Å²) in [5.41, 5.74) is 0.183. The molecule has 0 spiro atoms. The highest BCUT2D eigenvalue weighted by molar-refractivity contribution is 5.69. The number of aromatic hydroxyl groups is 1. The molecule has 6 heteroatoms. The second-order valence-corrected chi connectivity index (χ2v) is 3.27. The number of halogens is 1. The summed E-state index contributed by atoms with van der Waals surface area (Å²) in [6, 6.07) is 3.74. The first kappa shape index (κ1) is 11.3. The van der Waals surface area contributed by atoms with Crippen molar-refractivity contribution in [3.63, 3.8) is 0 Å². The summed E-state index contributed by atoms with van der Waals surface area (Å²) in [6.45, 7) is 2.13. The van der Waals surface area contributed by atoms with Crippen LogP contribution in [-0.2, 0) is 0 Å². The van der Waals surface area contributed by atoms with Crippen molar-refractivity contribution in [1.29, 1.82) is 0 Å². The van der Waals surface area contributed by atoms with Gasteiger partial charge in [-0.15, -0.1) is 0 Å². The Bertz CT molecular complexity index is 587. The lowest BCUT2D eigenvalue weighted by molar-refractivity contribution is 0.339. The SMILES string of the molecule is CCOc1ccc(F)cc1-c1oc(=O)[nH]c1O. The molecule has 1 heterocycles. The lowest BCUT2D eigenvalue weighted by Gasteiger charge is -2.07. The number of hydrogen-bond acceptors (Lipinski definition) is 4. The van der Waals surface area contributed by atoms with Crippen LogP contribution < -0.4 is 10.5 Å². The monoisotopic (exact) mass is 239 g/mol. The van der Waals surface area contributed by atoms with Crippen molar-refractivity contribution in [2.45, 2.75) is 6.92 Å². The van der Waals surface area contributed by atoms with Crippen molar-refractivity contribution in [1.82, 2.24) is 4.98 Å². The van der Waals surface area contributed by atoms with Crippen molar-refractivity contribution in [2.24, 2.45) is 0 Å². The van der Waals surface area contributed by atoms with Crippen LogP contribution in [0.4, 0.5) is 4.39 Å². The van der Waals surface area contributed by atoms with Crippen LogP contribution in [0.3, 0.4) is 0 Å². The normalized spacial score (nSPS) is 10.5. The minimum atomic E-state index is -0.816. The van der Waals surface area contributed by atoms with Gasteiger partial charge in [0, 0.05) is 0 Å². The maximum atomic E-state index is 13.1. The van der Waals surface area contributed by atoms with Gasteiger partial charge in [-0.1, -0.05) is 0 Å². The maximum absolute atomic E-state index is 13.1. The van der Waals surface area contributed by atoms with Gasteiger partial charge in [0.15, 0.2) is 0 Å². The topological polar surface area (TPSA) is 75.5 Å². The van der Waals surface area contributed by atoms with E-state index in [0.717, 1.165) is 6.07 Å². The van der Waals surface area contributed by atoms with Crippen LogP contribution in [-0.4, -0.2) is 16.7 Å². The summed E-state index contributed by atoms with van der Waals surface area (Å²) < 4.78 is 23.1. The van der Waals surface area contributed by atoms with Crippen molar-refractivity contribution >= 4 is 0 Å².